The van der Waals surface area contributed by atoms with E-state index in [1.807, 2.05) is 6.92 Å². The van der Waals surface area contributed by atoms with E-state index in [1.165, 1.54) is 57.8 Å². The van der Waals surface area contributed by atoms with Crippen LogP contribution in [-0.2, 0) is 9.53 Å². The summed E-state index contributed by atoms with van der Waals surface area (Å²) < 4.78 is 5.77. The van der Waals surface area contributed by atoms with Gasteiger partial charge >= 0.3 is 5.97 Å². The van der Waals surface area contributed by atoms with Crippen LogP contribution < -0.4 is 0 Å². The molecule has 0 unspecified atom stereocenters. The van der Waals surface area contributed by atoms with Crippen LogP contribution in [0, 0.1) is 46.3 Å². The van der Waals surface area contributed by atoms with Crippen molar-refractivity contribution in [1.29, 1.82) is 0 Å². The molecule has 0 aromatic carbocycles. The van der Waals surface area contributed by atoms with Gasteiger partial charge in [-0.1, -0.05) is 71.6 Å². The minimum atomic E-state index is -0.173. The zero-order valence-corrected chi connectivity index (χ0v) is 22.4. The molecule has 0 N–H and O–H groups in total. The molecule has 8 atom stereocenters. The molecule has 2 heteroatoms. The van der Waals surface area contributed by atoms with E-state index < -0.39 is 0 Å². The quantitative estimate of drug-likeness (QED) is 0.219. The van der Waals surface area contributed by atoms with Gasteiger partial charge in [0.25, 0.3) is 0 Å². The van der Waals surface area contributed by atoms with E-state index in [-0.39, 0.29) is 12.1 Å². The van der Waals surface area contributed by atoms with Gasteiger partial charge in [-0.25, -0.2) is 4.79 Å². The summed E-state index contributed by atoms with van der Waals surface area (Å²) >= 11 is 0. The lowest BCUT2D eigenvalue weighted by Crippen LogP contribution is -2.51. The molecule has 0 saturated heterocycles. The first-order valence-electron chi connectivity index (χ1n) is 14.2. The monoisotopic (exact) mass is 454 g/mol. The van der Waals surface area contributed by atoms with Crippen LogP contribution in [0.25, 0.3) is 0 Å². The molecule has 186 valence electrons. The van der Waals surface area contributed by atoms with Crippen LogP contribution in [0.5, 0.6) is 0 Å². The predicted octanol–water partition coefficient (Wildman–Crippen LogP) is 8.52. The first-order chi connectivity index (χ1) is 15.7. The first kappa shape index (κ1) is 25.1. The van der Waals surface area contributed by atoms with Crippen molar-refractivity contribution in [3.63, 3.8) is 0 Å². The largest absolute Gasteiger partial charge is 0.459 e. The third-order valence-corrected chi connectivity index (χ3v) is 10.8. The van der Waals surface area contributed by atoms with E-state index in [4.69, 9.17) is 4.74 Å². The van der Waals surface area contributed by atoms with E-state index in [9.17, 15) is 4.79 Å². The highest BCUT2D eigenvalue weighted by molar-refractivity contribution is 5.81. The van der Waals surface area contributed by atoms with Gasteiger partial charge in [-0.15, -0.1) is 0 Å². The lowest BCUT2D eigenvalue weighted by molar-refractivity contribution is -0.145. The topological polar surface area (TPSA) is 26.3 Å². The van der Waals surface area contributed by atoms with Gasteiger partial charge in [0.1, 0.15) is 6.10 Å². The Morgan fingerprint density at radius 2 is 1.88 bits per heavy atom. The molecule has 0 bridgehead atoms. The maximum atomic E-state index is 12.0. The van der Waals surface area contributed by atoms with Gasteiger partial charge in [0.2, 0.25) is 0 Å². The second-order valence-corrected chi connectivity index (χ2v) is 13.1. The van der Waals surface area contributed by atoms with Crippen molar-refractivity contribution in [3.8, 4) is 0 Å². The smallest absolute Gasteiger partial charge is 0.330 e. The zero-order chi connectivity index (χ0) is 23.8. The van der Waals surface area contributed by atoms with Crippen LogP contribution in [0.2, 0.25) is 0 Å². The average molecular weight is 455 g/mol. The molecule has 0 aliphatic heterocycles. The Morgan fingerprint density at radius 3 is 2.61 bits per heavy atom. The van der Waals surface area contributed by atoms with Crippen LogP contribution in [-0.4, -0.2) is 12.1 Å². The summed E-state index contributed by atoms with van der Waals surface area (Å²) in [4.78, 5) is 12.0. The molecular weight excluding hydrogens is 404 g/mol. The van der Waals surface area contributed by atoms with E-state index in [0.29, 0.717) is 10.8 Å². The van der Waals surface area contributed by atoms with Gasteiger partial charge in [0.05, 0.1) is 0 Å². The normalized spacial score (nSPS) is 41.3. The Labute approximate surface area is 204 Å². The summed E-state index contributed by atoms with van der Waals surface area (Å²) in [6, 6.07) is 0. The van der Waals surface area contributed by atoms with Crippen LogP contribution >= 0.6 is 0 Å². The van der Waals surface area contributed by atoms with Crippen LogP contribution in [0.1, 0.15) is 112 Å². The Morgan fingerprint density at radius 1 is 1.09 bits per heavy atom. The Kier molecular flexibility index (Phi) is 7.52. The van der Waals surface area contributed by atoms with E-state index >= 15 is 0 Å². The fraction of sp³-hybridized carbons (Fsp3) is 0.839. The second-order valence-electron chi connectivity index (χ2n) is 13.1. The van der Waals surface area contributed by atoms with Crippen LogP contribution in [0.3, 0.4) is 0 Å². The fourth-order valence-electron chi connectivity index (χ4n) is 9.09. The Balaban J connectivity index is 1.44. The second kappa shape index (κ2) is 9.90. The maximum Gasteiger partial charge on any atom is 0.330 e. The molecule has 4 rings (SSSR count). The summed E-state index contributed by atoms with van der Waals surface area (Å²) in [5.74, 6) is 5.08. The molecule has 0 spiro atoms. The highest BCUT2D eigenvalue weighted by Gasteiger charge is 2.59. The number of fused-ring (bicyclic) bond motifs is 5. The standard InChI is InChI=1S/C31H50O2/c1-7-9-29(32)33-24-16-18-30(5)23(20-24)12-13-25-27-15-14-26(22(4)11-8-10-21(2)3)31(27,6)19-17-28(25)30/h7,9,12,21-22,24-28H,8,10-11,13-20H2,1-6H3/b9-7+/t22-,24-,25+,26-,27+,28+,30-,31+/m0/s1. The number of allylic oxidation sites excluding steroid dienone is 2. The summed E-state index contributed by atoms with van der Waals surface area (Å²) in [7, 11) is 0. The van der Waals surface area contributed by atoms with Gasteiger partial charge < -0.3 is 4.74 Å². The SMILES string of the molecule is C/C=C/C(=O)O[C@H]1CC[C@@]2(C)C(=CC[C@@H]3[C@H]4CC[C@@H]([C@@H](C)CCCC(C)C)[C@@]4(C)CC[C@H]32)C1. The number of rotatable bonds is 7. The first-order valence-corrected chi connectivity index (χ1v) is 14.2. The number of carbonyl (C=O) groups excluding carboxylic acids is 1. The van der Waals surface area contributed by atoms with Crippen molar-refractivity contribution in [2.45, 2.75) is 118 Å². The van der Waals surface area contributed by atoms with Gasteiger partial charge in [-0.05, 0) is 98.2 Å². The summed E-state index contributed by atoms with van der Waals surface area (Å²) in [6.07, 6.45) is 20.4. The molecule has 0 radical (unpaired) electrons. The maximum absolute atomic E-state index is 12.0. The molecule has 0 amide bonds. The number of hydrogen-bond donors (Lipinski definition) is 0. The molecule has 33 heavy (non-hydrogen) atoms. The van der Waals surface area contributed by atoms with Crippen LogP contribution in [0.15, 0.2) is 23.8 Å². The minimum Gasteiger partial charge on any atom is -0.459 e. The molecule has 4 aliphatic rings. The van der Waals surface area contributed by atoms with Crippen molar-refractivity contribution in [2.75, 3.05) is 0 Å². The zero-order valence-electron chi connectivity index (χ0n) is 22.4. The number of hydrogen-bond acceptors (Lipinski definition) is 2. The minimum absolute atomic E-state index is 0.0704. The van der Waals surface area contributed by atoms with Gasteiger partial charge in [-0.3, -0.25) is 0 Å². The fourth-order valence-corrected chi connectivity index (χ4v) is 9.09. The van der Waals surface area contributed by atoms with E-state index in [0.717, 1.165) is 48.3 Å². The number of carbonyl (C=O) groups is 1. The molecule has 0 heterocycles. The van der Waals surface area contributed by atoms with E-state index in [1.54, 1.807) is 17.7 Å². The Bertz CT molecular complexity index is 763. The molecule has 2 nitrogen and oxygen atoms in total. The highest BCUT2D eigenvalue weighted by atomic mass is 16.5. The molecule has 0 aromatic rings. The summed E-state index contributed by atoms with van der Waals surface area (Å²) in [6.45, 7) is 14.4. The van der Waals surface area contributed by atoms with Crippen molar-refractivity contribution >= 4 is 5.97 Å². The van der Waals surface area contributed by atoms with E-state index in [2.05, 4.69) is 40.7 Å². The van der Waals surface area contributed by atoms with Crippen molar-refractivity contribution in [3.05, 3.63) is 23.8 Å². The van der Waals surface area contributed by atoms with Crippen molar-refractivity contribution in [2.24, 2.45) is 46.3 Å². The predicted molar refractivity (Wildman–Crippen MR) is 138 cm³/mol. The number of esters is 1. The van der Waals surface area contributed by atoms with Crippen LogP contribution in [0.4, 0.5) is 0 Å². The number of ether oxygens (including phenoxy) is 1. The van der Waals surface area contributed by atoms with Crippen molar-refractivity contribution < 1.29 is 9.53 Å². The average Bonchev–Trinajstić information content (AvgIpc) is 3.11. The lowest BCUT2D eigenvalue weighted by atomic mass is 9.47. The third kappa shape index (κ3) is 4.74. The molecule has 4 aliphatic carbocycles. The highest BCUT2D eigenvalue weighted by Crippen LogP contribution is 2.67. The molecule has 3 saturated carbocycles. The Hall–Kier alpha value is -1.05. The van der Waals surface area contributed by atoms with Gasteiger partial charge in [0.15, 0.2) is 0 Å². The molecular formula is C31H50O2. The molecule has 3 fully saturated rings. The summed E-state index contributed by atoms with van der Waals surface area (Å²) in [5, 5.41) is 0. The third-order valence-electron chi connectivity index (χ3n) is 10.8. The van der Waals surface area contributed by atoms with Gasteiger partial charge in [0, 0.05) is 12.5 Å². The van der Waals surface area contributed by atoms with Crippen molar-refractivity contribution in [1.82, 2.24) is 0 Å². The lowest BCUT2D eigenvalue weighted by Gasteiger charge is -2.58. The molecule has 0 aromatic heterocycles. The summed E-state index contributed by atoms with van der Waals surface area (Å²) in [5.41, 5.74) is 2.49. The van der Waals surface area contributed by atoms with Gasteiger partial charge in [-0.2, -0.15) is 0 Å².